The van der Waals surface area contributed by atoms with E-state index in [1.165, 1.54) is 0 Å². The SMILES string of the molecule is CCC(C)Cn1cccc1C#N. The first-order valence-corrected chi connectivity index (χ1v) is 4.33. The highest BCUT2D eigenvalue weighted by atomic mass is 15.0. The Labute approximate surface area is 73.4 Å². The predicted molar refractivity (Wildman–Crippen MR) is 48.6 cm³/mol. The van der Waals surface area contributed by atoms with Gasteiger partial charge in [-0.25, -0.2) is 0 Å². The van der Waals surface area contributed by atoms with Gasteiger partial charge < -0.3 is 4.57 Å². The average Bonchev–Trinajstić information content (AvgIpc) is 2.51. The van der Waals surface area contributed by atoms with E-state index in [4.69, 9.17) is 5.26 Å². The molecule has 0 fully saturated rings. The number of aromatic nitrogens is 1. The lowest BCUT2D eigenvalue weighted by Gasteiger charge is -2.09. The Balaban J connectivity index is 2.69. The highest BCUT2D eigenvalue weighted by Gasteiger charge is 2.02. The molecule has 0 saturated heterocycles. The second kappa shape index (κ2) is 3.96. The third kappa shape index (κ3) is 1.88. The topological polar surface area (TPSA) is 28.7 Å². The summed E-state index contributed by atoms with van der Waals surface area (Å²) < 4.78 is 2.01. The summed E-state index contributed by atoms with van der Waals surface area (Å²) in [5.74, 6) is 0.643. The fourth-order valence-corrected chi connectivity index (χ4v) is 1.14. The zero-order chi connectivity index (χ0) is 8.97. The van der Waals surface area contributed by atoms with Gasteiger partial charge in [0.15, 0.2) is 0 Å². The van der Waals surface area contributed by atoms with Crippen molar-refractivity contribution in [1.29, 1.82) is 5.26 Å². The molecule has 0 aromatic carbocycles. The lowest BCUT2D eigenvalue weighted by molar-refractivity contribution is 0.467. The third-order valence-corrected chi connectivity index (χ3v) is 2.15. The molecule has 1 aromatic rings. The molecule has 1 aromatic heterocycles. The summed E-state index contributed by atoms with van der Waals surface area (Å²) in [6.07, 6.45) is 3.12. The Morgan fingerprint density at radius 3 is 3.00 bits per heavy atom. The highest BCUT2D eigenvalue weighted by Crippen LogP contribution is 2.08. The molecule has 0 bridgehead atoms. The van der Waals surface area contributed by atoms with Gasteiger partial charge in [-0.1, -0.05) is 20.3 Å². The van der Waals surface area contributed by atoms with Crippen molar-refractivity contribution in [2.75, 3.05) is 0 Å². The summed E-state index contributed by atoms with van der Waals surface area (Å²) in [5.41, 5.74) is 0.760. The van der Waals surface area contributed by atoms with Gasteiger partial charge >= 0.3 is 0 Å². The molecular formula is C10H14N2. The van der Waals surface area contributed by atoms with Crippen LogP contribution in [0.5, 0.6) is 0 Å². The van der Waals surface area contributed by atoms with E-state index in [-0.39, 0.29) is 0 Å². The monoisotopic (exact) mass is 162 g/mol. The van der Waals surface area contributed by atoms with Gasteiger partial charge in [0, 0.05) is 12.7 Å². The van der Waals surface area contributed by atoms with Gasteiger partial charge in [0.2, 0.25) is 0 Å². The summed E-state index contributed by atoms with van der Waals surface area (Å²) in [5, 5.41) is 8.72. The number of rotatable bonds is 3. The minimum absolute atomic E-state index is 0.643. The fourth-order valence-electron chi connectivity index (χ4n) is 1.14. The van der Waals surface area contributed by atoms with Gasteiger partial charge in [-0.15, -0.1) is 0 Å². The molecule has 1 atom stereocenters. The van der Waals surface area contributed by atoms with Crippen LogP contribution in [-0.2, 0) is 6.54 Å². The molecule has 0 amide bonds. The zero-order valence-corrected chi connectivity index (χ0v) is 7.62. The van der Waals surface area contributed by atoms with Crippen molar-refractivity contribution in [3.63, 3.8) is 0 Å². The minimum Gasteiger partial charge on any atom is -0.339 e. The molecule has 2 heteroatoms. The Hall–Kier alpha value is -1.23. The number of hydrogen-bond acceptors (Lipinski definition) is 1. The van der Waals surface area contributed by atoms with Crippen molar-refractivity contribution in [2.24, 2.45) is 5.92 Å². The fraction of sp³-hybridized carbons (Fsp3) is 0.500. The summed E-state index contributed by atoms with van der Waals surface area (Å²) in [6, 6.07) is 5.94. The van der Waals surface area contributed by atoms with Crippen LogP contribution in [0.25, 0.3) is 0 Å². The normalized spacial score (nSPS) is 12.4. The first-order chi connectivity index (χ1) is 5.77. The smallest absolute Gasteiger partial charge is 0.120 e. The van der Waals surface area contributed by atoms with E-state index in [1.807, 2.05) is 22.9 Å². The summed E-state index contributed by atoms with van der Waals surface area (Å²) in [4.78, 5) is 0. The van der Waals surface area contributed by atoms with Gasteiger partial charge in [0.25, 0.3) is 0 Å². The maximum atomic E-state index is 8.72. The van der Waals surface area contributed by atoms with Crippen molar-refractivity contribution in [3.05, 3.63) is 24.0 Å². The van der Waals surface area contributed by atoms with E-state index in [2.05, 4.69) is 19.9 Å². The second-order valence-electron chi connectivity index (χ2n) is 3.17. The van der Waals surface area contributed by atoms with Crippen molar-refractivity contribution in [3.8, 4) is 6.07 Å². The second-order valence-corrected chi connectivity index (χ2v) is 3.17. The molecule has 0 aliphatic heterocycles. The van der Waals surface area contributed by atoms with E-state index < -0.39 is 0 Å². The summed E-state index contributed by atoms with van der Waals surface area (Å²) in [6.45, 7) is 5.31. The van der Waals surface area contributed by atoms with Crippen LogP contribution in [0.4, 0.5) is 0 Å². The molecule has 0 radical (unpaired) electrons. The van der Waals surface area contributed by atoms with Crippen LogP contribution < -0.4 is 0 Å². The largest absolute Gasteiger partial charge is 0.339 e. The molecule has 12 heavy (non-hydrogen) atoms. The number of nitriles is 1. The molecule has 0 N–H and O–H groups in total. The van der Waals surface area contributed by atoms with Gasteiger partial charge in [0.05, 0.1) is 0 Å². The van der Waals surface area contributed by atoms with Crippen molar-refractivity contribution in [2.45, 2.75) is 26.8 Å². The molecule has 64 valence electrons. The first-order valence-electron chi connectivity index (χ1n) is 4.33. The lowest BCUT2D eigenvalue weighted by Crippen LogP contribution is -2.06. The highest BCUT2D eigenvalue weighted by molar-refractivity contribution is 5.21. The van der Waals surface area contributed by atoms with E-state index in [0.717, 1.165) is 18.7 Å². The molecular weight excluding hydrogens is 148 g/mol. The quantitative estimate of drug-likeness (QED) is 0.671. The Kier molecular flexibility index (Phi) is 2.93. The lowest BCUT2D eigenvalue weighted by atomic mass is 10.1. The number of nitrogens with zero attached hydrogens (tertiary/aromatic N) is 2. The molecule has 1 heterocycles. The Morgan fingerprint density at radius 1 is 1.67 bits per heavy atom. The van der Waals surface area contributed by atoms with Crippen molar-refractivity contribution in [1.82, 2.24) is 4.57 Å². The van der Waals surface area contributed by atoms with Crippen LogP contribution >= 0.6 is 0 Å². The molecule has 1 rings (SSSR count). The molecule has 0 spiro atoms. The van der Waals surface area contributed by atoms with Gasteiger partial charge in [-0.05, 0) is 18.1 Å². The first kappa shape index (κ1) is 8.86. The average molecular weight is 162 g/mol. The molecule has 2 nitrogen and oxygen atoms in total. The van der Waals surface area contributed by atoms with Crippen LogP contribution in [0, 0.1) is 17.2 Å². The molecule has 1 unspecified atom stereocenters. The van der Waals surface area contributed by atoms with Crippen LogP contribution in [0.15, 0.2) is 18.3 Å². The van der Waals surface area contributed by atoms with Crippen molar-refractivity contribution < 1.29 is 0 Å². The predicted octanol–water partition coefficient (Wildman–Crippen LogP) is 2.41. The van der Waals surface area contributed by atoms with Crippen molar-refractivity contribution >= 4 is 0 Å². The maximum absolute atomic E-state index is 8.72. The van der Waals surface area contributed by atoms with Crippen LogP contribution in [0.1, 0.15) is 26.0 Å². The van der Waals surface area contributed by atoms with E-state index >= 15 is 0 Å². The standard InChI is InChI=1S/C10H14N2/c1-3-9(2)8-12-6-4-5-10(12)7-11/h4-6,9H,3,8H2,1-2H3. The van der Waals surface area contributed by atoms with Crippen LogP contribution in [-0.4, -0.2) is 4.57 Å². The van der Waals surface area contributed by atoms with E-state index in [9.17, 15) is 0 Å². The Bertz CT molecular complexity index is 280. The molecule has 0 aliphatic rings. The van der Waals surface area contributed by atoms with Crippen LogP contribution in [0.2, 0.25) is 0 Å². The molecule has 0 saturated carbocycles. The Morgan fingerprint density at radius 2 is 2.42 bits per heavy atom. The minimum atomic E-state index is 0.643. The van der Waals surface area contributed by atoms with E-state index in [0.29, 0.717) is 5.92 Å². The van der Waals surface area contributed by atoms with Gasteiger partial charge in [-0.2, -0.15) is 5.26 Å². The molecule has 0 aliphatic carbocycles. The van der Waals surface area contributed by atoms with Gasteiger partial charge in [-0.3, -0.25) is 0 Å². The van der Waals surface area contributed by atoms with E-state index in [1.54, 1.807) is 0 Å². The third-order valence-electron chi connectivity index (χ3n) is 2.15. The summed E-state index contributed by atoms with van der Waals surface area (Å²) in [7, 11) is 0. The maximum Gasteiger partial charge on any atom is 0.120 e. The zero-order valence-electron chi connectivity index (χ0n) is 7.62. The van der Waals surface area contributed by atoms with Gasteiger partial charge in [0.1, 0.15) is 11.8 Å². The number of hydrogen-bond donors (Lipinski definition) is 0. The summed E-state index contributed by atoms with van der Waals surface area (Å²) >= 11 is 0. The van der Waals surface area contributed by atoms with Crippen LogP contribution in [0.3, 0.4) is 0 Å².